The molecule has 2 amide bonds. The zero-order chi connectivity index (χ0) is 23.0. The van der Waals surface area contributed by atoms with Crippen LogP contribution >= 0.6 is 11.8 Å². The fraction of sp³-hybridized carbons (Fsp3) is 0.167. The number of thioether (sulfide) groups is 1. The summed E-state index contributed by atoms with van der Waals surface area (Å²) < 4.78 is 3.27. The number of nitrogens with zero attached hydrogens (tertiary/aromatic N) is 4. The van der Waals surface area contributed by atoms with Crippen LogP contribution in [0.4, 0.5) is 5.69 Å². The summed E-state index contributed by atoms with van der Waals surface area (Å²) in [5, 5.41) is 14.3. The molecule has 168 valence electrons. The number of para-hydroxylation sites is 1. The molecule has 1 atom stereocenters. The lowest BCUT2D eigenvalue weighted by molar-refractivity contribution is -0.122. The molecule has 2 N–H and O–H groups in total. The maximum atomic E-state index is 12.5. The number of rotatable bonds is 9. The maximum Gasteiger partial charge on any atom is 0.242 e. The average molecular weight is 461 g/mol. The number of carbonyl (C=O) groups is 2. The Balaban J connectivity index is 1.25. The third kappa shape index (κ3) is 6.33. The van der Waals surface area contributed by atoms with Crippen molar-refractivity contribution in [3.8, 4) is 5.69 Å². The van der Waals surface area contributed by atoms with Crippen LogP contribution < -0.4 is 10.6 Å². The number of carbonyl (C=O) groups excluding carboxylic acids is 2. The summed E-state index contributed by atoms with van der Waals surface area (Å²) in [5.41, 5.74) is 2.41. The molecular formula is C24H24N6O2S. The molecule has 8 nitrogen and oxygen atoms in total. The van der Waals surface area contributed by atoms with Gasteiger partial charge >= 0.3 is 0 Å². The lowest BCUT2D eigenvalue weighted by Crippen LogP contribution is -2.30. The summed E-state index contributed by atoms with van der Waals surface area (Å²) in [6, 6.07) is 19.3. The fourth-order valence-corrected chi connectivity index (χ4v) is 3.90. The summed E-state index contributed by atoms with van der Waals surface area (Å²) in [6.07, 6.45) is 6.82. The normalized spacial score (nSPS) is 11.7. The fourth-order valence-electron chi connectivity index (χ4n) is 3.18. The Kier molecular flexibility index (Phi) is 7.21. The highest BCUT2D eigenvalue weighted by atomic mass is 32.2. The van der Waals surface area contributed by atoms with Crippen LogP contribution in [0.1, 0.15) is 18.5 Å². The molecule has 4 rings (SSSR count). The lowest BCUT2D eigenvalue weighted by atomic mass is 10.2. The minimum atomic E-state index is -0.209. The SMILES string of the molecule is CC(NC(=O)Cn1cc(NC(=O)CSc2ccccc2)cn1)c1cnn(-c2ccccc2)c1. The van der Waals surface area contributed by atoms with E-state index in [0.29, 0.717) is 11.4 Å². The molecular weight excluding hydrogens is 436 g/mol. The summed E-state index contributed by atoms with van der Waals surface area (Å²) in [7, 11) is 0. The van der Waals surface area contributed by atoms with E-state index < -0.39 is 0 Å². The van der Waals surface area contributed by atoms with Crippen molar-refractivity contribution in [3.63, 3.8) is 0 Å². The summed E-state index contributed by atoms with van der Waals surface area (Å²) >= 11 is 1.46. The predicted octanol–water partition coefficient (Wildman–Crippen LogP) is 3.68. The molecule has 4 aromatic rings. The van der Waals surface area contributed by atoms with Crippen molar-refractivity contribution in [1.82, 2.24) is 24.9 Å². The molecule has 0 spiro atoms. The largest absolute Gasteiger partial charge is 0.348 e. The van der Waals surface area contributed by atoms with Crippen LogP contribution in [0.5, 0.6) is 0 Å². The molecule has 2 aromatic heterocycles. The van der Waals surface area contributed by atoms with Crippen molar-refractivity contribution in [3.05, 3.63) is 91.0 Å². The summed E-state index contributed by atoms with van der Waals surface area (Å²) in [5.74, 6) is -0.0170. The second kappa shape index (κ2) is 10.6. The van der Waals surface area contributed by atoms with Gasteiger partial charge in [0.05, 0.1) is 35.6 Å². The molecule has 0 bridgehead atoms. The van der Waals surface area contributed by atoms with E-state index in [4.69, 9.17) is 0 Å². The number of aromatic nitrogens is 4. The van der Waals surface area contributed by atoms with Gasteiger partial charge in [0.1, 0.15) is 6.54 Å². The van der Waals surface area contributed by atoms with Crippen molar-refractivity contribution in [2.24, 2.45) is 0 Å². The highest BCUT2D eigenvalue weighted by molar-refractivity contribution is 8.00. The third-order valence-electron chi connectivity index (χ3n) is 4.84. The molecule has 0 fully saturated rings. The Morgan fingerprint density at radius 1 is 0.939 bits per heavy atom. The number of benzene rings is 2. The van der Waals surface area contributed by atoms with E-state index in [1.165, 1.54) is 22.6 Å². The Morgan fingerprint density at radius 3 is 2.42 bits per heavy atom. The van der Waals surface area contributed by atoms with E-state index in [1.807, 2.05) is 73.8 Å². The van der Waals surface area contributed by atoms with Crippen LogP contribution in [0, 0.1) is 0 Å². The Labute approximate surface area is 196 Å². The first-order valence-electron chi connectivity index (χ1n) is 10.5. The Hall–Kier alpha value is -3.85. The predicted molar refractivity (Wildman–Crippen MR) is 128 cm³/mol. The second-order valence-electron chi connectivity index (χ2n) is 7.42. The first kappa shape index (κ1) is 22.3. The minimum absolute atomic E-state index is 0.0474. The monoisotopic (exact) mass is 460 g/mol. The Morgan fingerprint density at radius 2 is 1.67 bits per heavy atom. The molecule has 9 heteroatoms. The van der Waals surface area contributed by atoms with Gasteiger partial charge in [0.25, 0.3) is 0 Å². The van der Waals surface area contributed by atoms with E-state index in [9.17, 15) is 9.59 Å². The third-order valence-corrected chi connectivity index (χ3v) is 5.85. The minimum Gasteiger partial charge on any atom is -0.348 e. The van der Waals surface area contributed by atoms with Crippen LogP contribution in [-0.2, 0) is 16.1 Å². The quantitative estimate of drug-likeness (QED) is 0.372. The van der Waals surface area contributed by atoms with Crippen molar-refractivity contribution in [2.75, 3.05) is 11.1 Å². The zero-order valence-corrected chi connectivity index (χ0v) is 18.9. The summed E-state index contributed by atoms with van der Waals surface area (Å²) in [6.45, 7) is 1.95. The van der Waals surface area contributed by atoms with Crippen LogP contribution in [0.3, 0.4) is 0 Å². The highest BCUT2D eigenvalue weighted by Gasteiger charge is 2.13. The number of hydrogen-bond donors (Lipinski definition) is 2. The van der Waals surface area contributed by atoms with Gasteiger partial charge in [0, 0.05) is 22.9 Å². The first-order chi connectivity index (χ1) is 16.1. The smallest absolute Gasteiger partial charge is 0.242 e. The molecule has 0 aliphatic rings. The molecule has 0 saturated carbocycles. The average Bonchev–Trinajstić information content (AvgIpc) is 3.49. The zero-order valence-electron chi connectivity index (χ0n) is 18.1. The van der Waals surface area contributed by atoms with Crippen LogP contribution in [0.15, 0.2) is 90.3 Å². The number of anilines is 1. The van der Waals surface area contributed by atoms with E-state index in [0.717, 1.165) is 16.1 Å². The van der Waals surface area contributed by atoms with Gasteiger partial charge < -0.3 is 10.6 Å². The number of nitrogens with one attached hydrogen (secondary N) is 2. The van der Waals surface area contributed by atoms with E-state index in [1.54, 1.807) is 17.1 Å². The van der Waals surface area contributed by atoms with Gasteiger partial charge in [-0.15, -0.1) is 11.8 Å². The van der Waals surface area contributed by atoms with Gasteiger partial charge in [-0.3, -0.25) is 14.3 Å². The van der Waals surface area contributed by atoms with Gasteiger partial charge in [0.15, 0.2) is 0 Å². The van der Waals surface area contributed by atoms with Gasteiger partial charge in [-0.05, 0) is 31.2 Å². The van der Waals surface area contributed by atoms with Crippen LogP contribution in [0.25, 0.3) is 5.69 Å². The van der Waals surface area contributed by atoms with Gasteiger partial charge in [-0.2, -0.15) is 10.2 Å². The summed E-state index contributed by atoms with van der Waals surface area (Å²) in [4.78, 5) is 25.7. The molecule has 0 aliphatic carbocycles. The van der Waals surface area contributed by atoms with Crippen LogP contribution in [-0.4, -0.2) is 37.1 Å². The van der Waals surface area contributed by atoms with Gasteiger partial charge in [0.2, 0.25) is 11.8 Å². The van der Waals surface area contributed by atoms with Gasteiger partial charge in [-0.1, -0.05) is 36.4 Å². The van der Waals surface area contributed by atoms with E-state index >= 15 is 0 Å². The van der Waals surface area contributed by atoms with Crippen molar-refractivity contribution in [2.45, 2.75) is 24.4 Å². The second-order valence-corrected chi connectivity index (χ2v) is 8.47. The molecule has 2 aromatic carbocycles. The molecule has 33 heavy (non-hydrogen) atoms. The van der Waals surface area contributed by atoms with Crippen molar-refractivity contribution < 1.29 is 9.59 Å². The first-order valence-corrected chi connectivity index (χ1v) is 11.4. The molecule has 0 radical (unpaired) electrons. The van der Waals surface area contributed by atoms with Crippen molar-refractivity contribution in [1.29, 1.82) is 0 Å². The molecule has 0 aliphatic heterocycles. The molecule has 2 heterocycles. The number of hydrogen-bond acceptors (Lipinski definition) is 5. The van der Waals surface area contributed by atoms with E-state index in [-0.39, 0.29) is 24.4 Å². The Bertz CT molecular complexity index is 1210. The maximum absolute atomic E-state index is 12.5. The van der Waals surface area contributed by atoms with Crippen LogP contribution in [0.2, 0.25) is 0 Å². The standard InChI is InChI=1S/C24H24N6O2S/c1-18(19-12-26-30(14-19)21-8-4-2-5-9-21)27-23(31)16-29-15-20(13-25-29)28-24(32)17-33-22-10-6-3-7-11-22/h2-15,18H,16-17H2,1H3,(H,27,31)(H,28,32). The number of amides is 2. The molecule has 1 unspecified atom stereocenters. The van der Waals surface area contributed by atoms with E-state index in [2.05, 4.69) is 20.8 Å². The lowest BCUT2D eigenvalue weighted by Gasteiger charge is -2.12. The van der Waals surface area contributed by atoms with Gasteiger partial charge in [-0.25, -0.2) is 4.68 Å². The molecule has 0 saturated heterocycles. The topological polar surface area (TPSA) is 93.8 Å². The van der Waals surface area contributed by atoms with Crippen molar-refractivity contribution >= 4 is 29.3 Å². The highest BCUT2D eigenvalue weighted by Crippen LogP contribution is 2.17.